The van der Waals surface area contributed by atoms with Crippen LogP contribution in [0.5, 0.6) is 0 Å². The van der Waals surface area contributed by atoms with Crippen molar-refractivity contribution >= 4 is 5.91 Å². The third-order valence-corrected chi connectivity index (χ3v) is 4.37. The van der Waals surface area contributed by atoms with Crippen LogP contribution in [0.25, 0.3) is 0 Å². The number of ether oxygens (including phenoxy) is 2. The highest BCUT2D eigenvalue weighted by Gasteiger charge is 2.15. The van der Waals surface area contributed by atoms with E-state index in [1.54, 1.807) is 4.68 Å². The van der Waals surface area contributed by atoms with Crippen LogP contribution in [0.4, 0.5) is 0 Å². The molecule has 1 N–H and O–H groups in total. The van der Waals surface area contributed by atoms with Gasteiger partial charge in [0.15, 0.2) is 0 Å². The highest BCUT2D eigenvalue weighted by atomic mass is 16.5. The first-order valence-electron chi connectivity index (χ1n) is 9.85. The van der Waals surface area contributed by atoms with Gasteiger partial charge in [0, 0.05) is 38.9 Å². The van der Waals surface area contributed by atoms with E-state index in [0.717, 1.165) is 31.9 Å². The summed E-state index contributed by atoms with van der Waals surface area (Å²) in [6, 6.07) is 0. The molecule has 1 aromatic heterocycles. The lowest BCUT2D eigenvalue weighted by Crippen LogP contribution is -2.46. The average molecular weight is 402 g/mol. The normalized spacial score (nSPS) is 14.0. The number of rotatable bonds is 13. The molecule has 2 heterocycles. The van der Waals surface area contributed by atoms with E-state index >= 15 is 0 Å². The van der Waals surface area contributed by atoms with Gasteiger partial charge in [-0.1, -0.05) is 17.1 Å². The van der Waals surface area contributed by atoms with Gasteiger partial charge in [0.05, 0.1) is 58.2 Å². The molecular formula is C20H30N6O3. The van der Waals surface area contributed by atoms with Gasteiger partial charge in [0.1, 0.15) is 0 Å². The van der Waals surface area contributed by atoms with Gasteiger partial charge < -0.3 is 19.7 Å². The zero-order valence-electron chi connectivity index (χ0n) is 16.9. The predicted molar refractivity (Wildman–Crippen MR) is 109 cm³/mol. The molecular weight excluding hydrogens is 372 g/mol. The second-order valence-electron chi connectivity index (χ2n) is 6.63. The van der Waals surface area contributed by atoms with Crippen molar-refractivity contribution in [3.63, 3.8) is 0 Å². The number of hydrogen-bond acceptors (Lipinski definition) is 7. The van der Waals surface area contributed by atoms with Crippen molar-refractivity contribution in [1.29, 1.82) is 0 Å². The SMILES string of the molecule is C#CCN(CC#C)Cc1cn(CCOCCOCCC(=O)N2CCNCC2)nn1. The molecule has 0 bridgehead atoms. The maximum absolute atomic E-state index is 12.0. The van der Waals surface area contributed by atoms with E-state index in [1.165, 1.54) is 0 Å². The molecule has 0 aliphatic carbocycles. The van der Waals surface area contributed by atoms with Crippen LogP contribution >= 0.6 is 0 Å². The minimum atomic E-state index is 0.150. The van der Waals surface area contributed by atoms with Crippen LogP contribution in [0.15, 0.2) is 6.20 Å². The highest BCUT2D eigenvalue weighted by molar-refractivity contribution is 5.76. The van der Waals surface area contributed by atoms with Gasteiger partial charge in [0.2, 0.25) is 5.91 Å². The Kier molecular flexibility index (Phi) is 10.8. The smallest absolute Gasteiger partial charge is 0.224 e. The summed E-state index contributed by atoms with van der Waals surface area (Å²) in [5, 5.41) is 11.4. The molecule has 2 rings (SSSR count). The number of aromatic nitrogens is 3. The molecule has 0 radical (unpaired) electrons. The van der Waals surface area contributed by atoms with Crippen LogP contribution in [0, 0.1) is 24.7 Å². The number of amides is 1. The summed E-state index contributed by atoms with van der Waals surface area (Å²) in [4.78, 5) is 15.8. The summed E-state index contributed by atoms with van der Waals surface area (Å²) in [6.07, 6.45) is 13.0. The Bertz CT molecular complexity index is 671. The number of piperazine rings is 1. The first-order chi connectivity index (χ1) is 14.2. The average Bonchev–Trinajstić information content (AvgIpc) is 3.18. The lowest BCUT2D eigenvalue weighted by molar-refractivity contribution is -0.133. The van der Waals surface area contributed by atoms with Crippen LogP contribution in [-0.4, -0.2) is 96.4 Å². The third-order valence-electron chi connectivity index (χ3n) is 4.37. The Morgan fingerprint density at radius 2 is 1.83 bits per heavy atom. The molecule has 29 heavy (non-hydrogen) atoms. The van der Waals surface area contributed by atoms with E-state index < -0.39 is 0 Å². The van der Waals surface area contributed by atoms with Gasteiger partial charge in [-0.2, -0.15) is 0 Å². The Hall–Kier alpha value is -2.43. The standard InChI is InChI=1S/C20H30N6O3/c1-3-8-24(9-4-2)17-19-18-26(23-22-19)12-14-29-16-15-28-13-5-20(27)25-10-6-21-7-11-25/h1-2,18,21H,5-17H2. The minimum absolute atomic E-state index is 0.150. The number of nitrogens with zero attached hydrogens (tertiary/aromatic N) is 5. The molecule has 0 aromatic carbocycles. The first-order valence-corrected chi connectivity index (χ1v) is 9.85. The zero-order chi connectivity index (χ0) is 20.7. The molecule has 1 aliphatic heterocycles. The van der Waals surface area contributed by atoms with E-state index in [-0.39, 0.29) is 5.91 Å². The third kappa shape index (κ3) is 9.07. The van der Waals surface area contributed by atoms with Crippen LogP contribution < -0.4 is 5.32 Å². The molecule has 1 aromatic rings. The number of terminal acetylenes is 2. The monoisotopic (exact) mass is 402 g/mol. The van der Waals surface area contributed by atoms with E-state index in [2.05, 4.69) is 27.5 Å². The zero-order valence-corrected chi connectivity index (χ0v) is 16.9. The summed E-state index contributed by atoms with van der Waals surface area (Å²) in [6.45, 7) is 7.25. The first kappa shape index (κ1) is 22.9. The largest absolute Gasteiger partial charge is 0.379 e. The number of nitrogens with one attached hydrogen (secondary N) is 1. The van der Waals surface area contributed by atoms with Crippen molar-refractivity contribution in [2.24, 2.45) is 0 Å². The second-order valence-corrected chi connectivity index (χ2v) is 6.63. The van der Waals surface area contributed by atoms with Gasteiger partial charge in [-0.05, 0) is 0 Å². The molecule has 1 aliphatic rings. The van der Waals surface area contributed by atoms with Crippen molar-refractivity contribution in [2.45, 2.75) is 19.5 Å². The van der Waals surface area contributed by atoms with E-state index in [4.69, 9.17) is 22.3 Å². The molecule has 9 nitrogen and oxygen atoms in total. The summed E-state index contributed by atoms with van der Waals surface area (Å²) in [5.74, 6) is 5.32. The summed E-state index contributed by atoms with van der Waals surface area (Å²) in [5.41, 5.74) is 0.813. The Morgan fingerprint density at radius 1 is 1.14 bits per heavy atom. The number of carbonyl (C=O) groups is 1. The lowest BCUT2D eigenvalue weighted by Gasteiger charge is -2.27. The van der Waals surface area contributed by atoms with Gasteiger partial charge in [-0.15, -0.1) is 17.9 Å². The van der Waals surface area contributed by atoms with E-state index in [9.17, 15) is 4.79 Å². The quantitative estimate of drug-likeness (QED) is 0.342. The molecule has 1 fully saturated rings. The molecule has 0 saturated carbocycles. The Balaban J connectivity index is 1.50. The number of hydrogen-bond donors (Lipinski definition) is 1. The van der Waals surface area contributed by atoms with Crippen molar-refractivity contribution in [3.05, 3.63) is 11.9 Å². The van der Waals surface area contributed by atoms with Gasteiger partial charge in [-0.3, -0.25) is 9.69 Å². The predicted octanol–water partition coefficient (Wildman–Crippen LogP) is -0.798. The van der Waals surface area contributed by atoms with Crippen molar-refractivity contribution in [3.8, 4) is 24.7 Å². The van der Waals surface area contributed by atoms with E-state index in [0.29, 0.717) is 59.0 Å². The molecule has 9 heteroatoms. The molecule has 1 amide bonds. The fraction of sp³-hybridized carbons (Fsp3) is 0.650. The number of carbonyl (C=O) groups excluding carboxylic acids is 1. The fourth-order valence-electron chi connectivity index (χ4n) is 2.89. The van der Waals surface area contributed by atoms with Gasteiger partial charge in [0.25, 0.3) is 0 Å². The summed E-state index contributed by atoms with van der Waals surface area (Å²) < 4.78 is 12.8. The fourth-order valence-corrected chi connectivity index (χ4v) is 2.89. The van der Waals surface area contributed by atoms with Crippen molar-refractivity contribution in [2.75, 3.05) is 65.7 Å². The highest BCUT2D eigenvalue weighted by Crippen LogP contribution is 2.00. The van der Waals surface area contributed by atoms with Crippen LogP contribution in [0.2, 0.25) is 0 Å². The topological polar surface area (TPSA) is 84.8 Å². The molecule has 0 atom stereocenters. The maximum atomic E-state index is 12.0. The van der Waals surface area contributed by atoms with Crippen LogP contribution in [0.3, 0.4) is 0 Å². The molecule has 0 unspecified atom stereocenters. The van der Waals surface area contributed by atoms with Crippen LogP contribution in [-0.2, 0) is 27.4 Å². The van der Waals surface area contributed by atoms with Crippen molar-refractivity contribution < 1.29 is 14.3 Å². The van der Waals surface area contributed by atoms with Crippen LogP contribution in [0.1, 0.15) is 12.1 Å². The van der Waals surface area contributed by atoms with Crippen molar-refractivity contribution in [1.82, 2.24) is 30.1 Å². The van der Waals surface area contributed by atoms with Gasteiger partial charge >= 0.3 is 0 Å². The molecule has 158 valence electrons. The molecule has 0 spiro atoms. The molecule has 1 saturated heterocycles. The van der Waals surface area contributed by atoms with Gasteiger partial charge in [-0.25, -0.2) is 4.68 Å². The lowest BCUT2D eigenvalue weighted by atomic mass is 10.3. The van der Waals surface area contributed by atoms with E-state index in [1.807, 2.05) is 16.0 Å². The Morgan fingerprint density at radius 3 is 2.52 bits per heavy atom. The second kappa shape index (κ2) is 13.7. The summed E-state index contributed by atoms with van der Waals surface area (Å²) >= 11 is 0. The Labute approximate surface area is 172 Å². The maximum Gasteiger partial charge on any atom is 0.224 e. The minimum Gasteiger partial charge on any atom is -0.379 e. The summed E-state index contributed by atoms with van der Waals surface area (Å²) in [7, 11) is 0.